The van der Waals surface area contributed by atoms with Crippen molar-refractivity contribution in [2.24, 2.45) is 0 Å². The number of hydrogen-bond acceptors (Lipinski definition) is 5. The molecule has 2 aromatic carbocycles. The highest BCUT2D eigenvalue weighted by Crippen LogP contribution is 2.32. The van der Waals surface area contributed by atoms with E-state index in [1.807, 2.05) is 31.2 Å². The highest BCUT2D eigenvalue weighted by Gasteiger charge is 2.18. The van der Waals surface area contributed by atoms with Gasteiger partial charge in [-0.05, 0) is 43.2 Å². The zero-order valence-electron chi connectivity index (χ0n) is 15.2. The molecular weight excluding hydrogens is 346 g/mol. The highest BCUT2D eigenvalue weighted by molar-refractivity contribution is 5.96. The average Bonchev–Trinajstić information content (AvgIpc) is 2.67. The van der Waals surface area contributed by atoms with Crippen molar-refractivity contribution >= 4 is 23.6 Å². The number of amides is 1. The van der Waals surface area contributed by atoms with Gasteiger partial charge in [0.2, 0.25) is 0 Å². The fourth-order valence-electron chi connectivity index (χ4n) is 2.56. The van der Waals surface area contributed by atoms with Gasteiger partial charge in [0.25, 0.3) is 5.91 Å². The number of aryl methyl sites for hydroxylation is 1. The quantitative estimate of drug-likeness (QED) is 0.648. The molecule has 0 unspecified atom stereocenters. The minimum Gasteiger partial charge on any atom is -0.486 e. The second kappa shape index (κ2) is 8.40. The van der Waals surface area contributed by atoms with Crippen LogP contribution in [0.5, 0.6) is 11.5 Å². The Kier molecular flexibility index (Phi) is 5.76. The van der Waals surface area contributed by atoms with Crippen molar-refractivity contribution in [1.82, 2.24) is 0 Å². The second-order valence-electron chi connectivity index (χ2n) is 6.12. The molecule has 0 saturated carbocycles. The number of ether oxygens (including phenoxy) is 3. The lowest BCUT2D eigenvalue weighted by atomic mass is 10.1. The summed E-state index contributed by atoms with van der Waals surface area (Å²) in [6.07, 6.45) is 2.05. The molecule has 6 heteroatoms. The number of benzene rings is 2. The van der Waals surface area contributed by atoms with E-state index in [0.717, 1.165) is 11.1 Å². The van der Waals surface area contributed by atoms with Gasteiger partial charge in [0, 0.05) is 17.8 Å². The molecule has 1 N–H and O–H groups in total. The van der Waals surface area contributed by atoms with Crippen molar-refractivity contribution in [3.63, 3.8) is 0 Å². The maximum atomic E-state index is 12.3. The summed E-state index contributed by atoms with van der Waals surface area (Å²) in [6, 6.07) is 12.8. The molecule has 1 amide bonds. The van der Waals surface area contributed by atoms with Crippen LogP contribution in [0.3, 0.4) is 0 Å². The molecule has 1 aliphatic heterocycles. The van der Waals surface area contributed by atoms with Crippen molar-refractivity contribution in [3.8, 4) is 11.5 Å². The summed E-state index contributed by atoms with van der Waals surface area (Å²) in [7, 11) is 0. The molecule has 0 aliphatic carbocycles. The first-order chi connectivity index (χ1) is 13.0. The van der Waals surface area contributed by atoms with Crippen LogP contribution in [0.25, 0.3) is 6.08 Å². The highest BCUT2D eigenvalue weighted by atomic mass is 16.6. The molecule has 6 nitrogen and oxygen atoms in total. The summed E-state index contributed by atoms with van der Waals surface area (Å²) in [5.74, 6) is 0.206. The van der Waals surface area contributed by atoms with Crippen LogP contribution >= 0.6 is 0 Å². The maximum absolute atomic E-state index is 12.3. The lowest BCUT2D eigenvalue weighted by molar-refractivity contribution is -0.148. The van der Waals surface area contributed by atoms with E-state index >= 15 is 0 Å². The normalized spacial score (nSPS) is 13.9. The van der Waals surface area contributed by atoms with Crippen molar-refractivity contribution in [2.45, 2.75) is 20.0 Å². The lowest BCUT2D eigenvalue weighted by Gasteiger charge is -2.19. The first kappa shape index (κ1) is 18.5. The molecule has 2 aromatic rings. The van der Waals surface area contributed by atoms with Crippen LogP contribution < -0.4 is 14.8 Å². The van der Waals surface area contributed by atoms with Gasteiger partial charge in [0.1, 0.15) is 13.2 Å². The molecule has 0 saturated heterocycles. The van der Waals surface area contributed by atoms with Crippen molar-refractivity contribution in [1.29, 1.82) is 0 Å². The molecule has 0 spiro atoms. The molecule has 140 valence electrons. The van der Waals surface area contributed by atoms with Crippen LogP contribution in [0, 0.1) is 6.92 Å². The van der Waals surface area contributed by atoms with Gasteiger partial charge in [-0.25, -0.2) is 4.79 Å². The van der Waals surface area contributed by atoms with Crippen molar-refractivity contribution < 1.29 is 23.8 Å². The lowest BCUT2D eigenvalue weighted by Crippen LogP contribution is -2.29. The molecule has 0 fully saturated rings. The van der Waals surface area contributed by atoms with Crippen LogP contribution in [0.1, 0.15) is 18.1 Å². The van der Waals surface area contributed by atoms with Crippen molar-refractivity contribution in [3.05, 3.63) is 59.7 Å². The smallest absolute Gasteiger partial charge is 0.331 e. The molecular formula is C21H21NO5. The minimum atomic E-state index is -0.938. The van der Waals surface area contributed by atoms with Crippen LogP contribution in [-0.4, -0.2) is 31.2 Å². The number of anilines is 1. The Morgan fingerprint density at radius 3 is 2.63 bits per heavy atom. The van der Waals surface area contributed by atoms with Gasteiger partial charge in [-0.1, -0.05) is 24.3 Å². The maximum Gasteiger partial charge on any atom is 0.331 e. The first-order valence-corrected chi connectivity index (χ1v) is 8.68. The van der Waals surface area contributed by atoms with Crippen LogP contribution in [0.2, 0.25) is 0 Å². The van der Waals surface area contributed by atoms with Gasteiger partial charge in [-0.2, -0.15) is 0 Å². The van der Waals surface area contributed by atoms with Gasteiger partial charge in [0.05, 0.1) is 0 Å². The van der Waals surface area contributed by atoms with E-state index in [2.05, 4.69) is 5.32 Å². The van der Waals surface area contributed by atoms with Gasteiger partial charge in [0.15, 0.2) is 17.6 Å². The summed E-state index contributed by atoms with van der Waals surface area (Å²) < 4.78 is 16.1. The summed E-state index contributed by atoms with van der Waals surface area (Å²) >= 11 is 0. The van der Waals surface area contributed by atoms with E-state index in [0.29, 0.717) is 30.4 Å². The van der Waals surface area contributed by atoms with Crippen molar-refractivity contribution in [2.75, 3.05) is 18.5 Å². The van der Waals surface area contributed by atoms with Crippen LogP contribution in [-0.2, 0) is 14.3 Å². The van der Waals surface area contributed by atoms with Gasteiger partial charge in [-0.3, -0.25) is 4.79 Å². The van der Waals surface area contributed by atoms with E-state index in [1.165, 1.54) is 13.0 Å². The zero-order chi connectivity index (χ0) is 19.2. The average molecular weight is 367 g/mol. The number of nitrogens with one attached hydrogen (secondary N) is 1. The third kappa shape index (κ3) is 4.88. The summed E-state index contributed by atoms with van der Waals surface area (Å²) in [5, 5.41) is 2.70. The zero-order valence-corrected chi connectivity index (χ0v) is 15.2. The van der Waals surface area contributed by atoms with Gasteiger partial charge >= 0.3 is 5.97 Å². The van der Waals surface area contributed by atoms with Gasteiger partial charge < -0.3 is 19.5 Å². The third-order valence-electron chi connectivity index (χ3n) is 4.06. The van der Waals surface area contributed by atoms with E-state index in [9.17, 15) is 9.59 Å². The minimum absolute atomic E-state index is 0.427. The topological polar surface area (TPSA) is 73.9 Å². The second-order valence-corrected chi connectivity index (χ2v) is 6.12. The molecule has 0 bridgehead atoms. The fraction of sp³-hybridized carbons (Fsp3) is 0.238. The number of fused-ring (bicyclic) bond motifs is 1. The molecule has 0 radical (unpaired) electrons. The van der Waals surface area contributed by atoms with Crippen LogP contribution in [0.4, 0.5) is 5.69 Å². The predicted octanol–water partition coefficient (Wildman–Crippen LogP) is 3.35. The number of esters is 1. The Labute approximate surface area is 157 Å². The Bertz CT molecular complexity index is 875. The Morgan fingerprint density at radius 1 is 1.11 bits per heavy atom. The SMILES string of the molecule is Cc1ccccc1/C=C/C(=O)O[C@@H](C)C(=O)Nc1ccc2c(c1)OCCO2. The van der Waals surface area contributed by atoms with Gasteiger partial charge in [-0.15, -0.1) is 0 Å². The number of carbonyl (C=O) groups is 2. The molecule has 3 rings (SSSR count). The largest absolute Gasteiger partial charge is 0.486 e. The van der Waals surface area contributed by atoms with E-state index in [4.69, 9.17) is 14.2 Å². The summed E-state index contributed by atoms with van der Waals surface area (Å²) in [5.41, 5.74) is 2.51. The van der Waals surface area contributed by atoms with E-state index < -0.39 is 18.0 Å². The summed E-state index contributed by atoms with van der Waals surface area (Å²) in [6.45, 7) is 4.44. The molecule has 0 aromatic heterocycles. The predicted molar refractivity (Wildman–Crippen MR) is 102 cm³/mol. The number of rotatable bonds is 5. The fourth-order valence-corrected chi connectivity index (χ4v) is 2.56. The standard InChI is InChI=1S/C21H21NO5/c1-14-5-3-4-6-16(14)7-10-20(23)27-15(2)21(24)22-17-8-9-18-19(13-17)26-12-11-25-18/h3-10,13,15H,11-12H2,1-2H3,(H,22,24)/b10-7+/t15-/m0/s1. The van der Waals surface area contributed by atoms with E-state index in [1.54, 1.807) is 24.3 Å². The Balaban J connectivity index is 1.56. The molecule has 27 heavy (non-hydrogen) atoms. The van der Waals surface area contributed by atoms with Crippen LogP contribution in [0.15, 0.2) is 48.5 Å². The number of hydrogen-bond donors (Lipinski definition) is 1. The third-order valence-corrected chi connectivity index (χ3v) is 4.06. The summed E-state index contributed by atoms with van der Waals surface area (Å²) in [4.78, 5) is 24.2. The molecule has 1 heterocycles. The molecule has 1 aliphatic rings. The number of carbonyl (C=O) groups excluding carboxylic acids is 2. The van der Waals surface area contributed by atoms with E-state index in [-0.39, 0.29) is 0 Å². The monoisotopic (exact) mass is 367 g/mol. The first-order valence-electron chi connectivity index (χ1n) is 8.68. The Hall–Kier alpha value is -3.28. The molecule has 1 atom stereocenters. The Morgan fingerprint density at radius 2 is 1.85 bits per heavy atom.